The second-order valence-corrected chi connectivity index (χ2v) is 5.34. The second kappa shape index (κ2) is 6.53. The SMILES string of the molecule is COc1c(C(=O)Nc2cc(C)nn2C)nnn1Cc1ccccc1. The summed E-state index contributed by atoms with van der Waals surface area (Å²) in [6.45, 7) is 2.32. The zero-order valence-electron chi connectivity index (χ0n) is 13.7. The Labute approximate surface area is 139 Å². The van der Waals surface area contributed by atoms with Crippen LogP contribution in [0.25, 0.3) is 0 Å². The fourth-order valence-corrected chi connectivity index (χ4v) is 2.41. The minimum Gasteiger partial charge on any atom is -0.479 e. The average Bonchev–Trinajstić information content (AvgIpc) is 3.11. The van der Waals surface area contributed by atoms with Gasteiger partial charge in [0, 0.05) is 13.1 Å². The molecule has 0 saturated heterocycles. The summed E-state index contributed by atoms with van der Waals surface area (Å²) in [5, 5.41) is 14.9. The number of nitrogens with zero attached hydrogens (tertiary/aromatic N) is 5. The quantitative estimate of drug-likeness (QED) is 0.770. The number of hydrogen-bond donors (Lipinski definition) is 1. The van der Waals surface area contributed by atoms with Crippen LogP contribution >= 0.6 is 0 Å². The smallest absolute Gasteiger partial charge is 0.283 e. The fourth-order valence-electron chi connectivity index (χ4n) is 2.41. The van der Waals surface area contributed by atoms with Gasteiger partial charge in [-0.3, -0.25) is 9.48 Å². The van der Waals surface area contributed by atoms with Gasteiger partial charge in [0.1, 0.15) is 5.82 Å². The molecule has 0 saturated carbocycles. The predicted molar refractivity (Wildman–Crippen MR) is 88.0 cm³/mol. The third-order valence-corrected chi connectivity index (χ3v) is 3.52. The lowest BCUT2D eigenvalue weighted by Gasteiger charge is -2.07. The van der Waals surface area contributed by atoms with E-state index in [9.17, 15) is 4.79 Å². The van der Waals surface area contributed by atoms with E-state index in [0.29, 0.717) is 18.2 Å². The molecule has 24 heavy (non-hydrogen) atoms. The number of nitrogens with one attached hydrogen (secondary N) is 1. The Morgan fingerprint density at radius 1 is 1.29 bits per heavy atom. The second-order valence-electron chi connectivity index (χ2n) is 5.34. The standard InChI is InChI=1S/C16H18N6O2/c1-11-9-13(21(2)19-11)17-15(23)14-16(24-3)22(20-18-14)10-12-7-5-4-6-8-12/h4-9H,10H2,1-3H3,(H,17,23). The van der Waals surface area contributed by atoms with Crippen LogP contribution in [0, 0.1) is 6.92 Å². The summed E-state index contributed by atoms with van der Waals surface area (Å²) in [5.74, 6) is 0.501. The molecule has 0 bridgehead atoms. The monoisotopic (exact) mass is 326 g/mol. The normalized spacial score (nSPS) is 10.6. The lowest BCUT2D eigenvalue weighted by molar-refractivity contribution is 0.101. The summed E-state index contributed by atoms with van der Waals surface area (Å²) in [5.41, 5.74) is 1.98. The highest BCUT2D eigenvalue weighted by atomic mass is 16.5. The fraction of sp³-hybridized carbons (Fsp3) is 0.250. The maximum absolute atomic E-state index is 12.5. The lowest BCUT2D eigenvalue weighted by Crippen LogP contribution is -2.16. The highest BCUT2D eigenvalue weighted by Gasteiger charge is 2.22. The van der Waals surface area contributed by atoms with E-state index in [1.807, 2.05) is 37.3 Å². The number of methoxy groups -OCH3 is 1. The van der Waals surface area contributed by atoms with E-state index in [2.05, 4.69) is 20.7 Å². The van der Waals surface area contributed by atoms with Gasteiger partial charge in [0.05, 0.1) is 19.3 Å². The highest BCUT2D eigenvalue weighted by Crippen LogP contribution is 2.19. The Bertz CT molecular complexity index is 853. The molecule has 124 valence electrons. The van der Waals surface area contributed by atoms with Gasteiger partial charge in [-0.25, -0.2) is 4.68 Å². The average molecular weight is 326 g/mol. The molecule has 0 spiro atoms. The number of carbonyl (C=O) groups excluding carboxylic acids is 1. The first-order chi connectivity index (χ1) is 11.6. The van der Waals surface area contributed by atoms with E-state index < -0.39 is 5.91 Å². The molecular weight excluding hydrogens is 308 g/mol. The molecule has 8 nitrogen and oxygen atoms in total. The Kier molecular flexibility index (Phi) is 4.28. The molecule has 1 aromatic carbocycles. The number of hydrogen-bond acceptors (Lipinski definition) is 5. The van der Waals surface area contributed by atoms with Gasteiger partial charge >= 0.3 is 0 Å². The largest absolute Gasteiger partial charge is 0.479 e. The van der Waals surface area contributed by atoms with E-state index in [0.717, 1.165) is 11.3 Å². The number of benzene rings is 1. The van der Waals surface area contributed by atoms with E-state index in [-0.39, 0.29) is 5.69 Å². The summed E-state index contributed by atoms with van der Waals surface area (Å²) in [4.78, 5) is 12.5. The van der Waals surface area contributed by atoms with Crippen molar-refractivity contribution in [1.29, 1.82) is 0 Å². The van der Waals surface area contributed by atoms with Crippen molar-refractivity contribution in [3.05, 3.63) is 53.3 Å². The van der Waals surface area contributed by atoms with Gasteiger partial charge in [-0.1, -0.05) is 35.5 Å². The van der Waals surface area contributed by atoms with E-state index in [1.54, 1.807) is 22.5 Å². The zero-order chi connectivity index (χ0) is 17.1. The van der Waals surface area contributed by atoms with Crippen LogP contribution in [0.4, 0.5) is 5.82 Å². The Balaban J connectivity index is 1.83. The van der Waals surface area contributed by atoms with Crippen LogP contribution < -0.4 is 10.1 Å². The van der Waals surface area contributed by atoms with E-state index >= 15 is 0 Å². The molecule has 1 N–H and O–H groups in total. The number of aromatic nitrogens is 5. The van der Waals surface area contributed by atoms with Gasteiger partial charge < -0.3 is 10.1 Å². The summed E-state index contributed by atoms with van der Waals surface area (Å²) < 4.78 is 8.48. The lowest BCUT2D eigenvalue weighted by atomic mass is 10.2. The first-order valence-electron chi connectivity index (χ1n) is 7.42. The molecule has 0 aliphatic heterocycles. The Morgan fingerprint density at radius 2 is 2.04 bits per heavy atom. The summed E-state index contributed by atoms with van der Waals surface area (Å²) in [7, 11) is 3.25. The van der Waals surface area contributed by atoms with Gasteiger partial charge in [-0.15, -0.1) is 5.10 Å². The van der Waals surface area contributed by atoms with Gasteiger partial charge in [0.2, 0.25) is 11.6 Å². The van der Waals surface area contributed by atoms with Crippen LogP contribution in [-0.4, -0.2) is 37.8 Å². The van der Waals surface area contributed by atoms with Crippen LogP contribution in [0.3, 0.4) is 0 Å². The van der Waals surface area contributed by atoms with Crippen molar-refractivity contribution in [1.82, 2.24) is 24.8 Å². The molecule has 0 aliphatic carbocycles. The number of anilines is 1. The molecule has 0 aliphatic rings. The number of rotatable bonds is 5. The van der Waals surface area contributed by atoms with Gasteiger partial charge in [0.15, 0.2) is 0 Å². The molecule has 1 amide bonds. The van der Waals surface area contributed by atoms with Crippen LogP contribution in [0.5, 0.6) is 5.88 Å². The number of amides is 1. The zero-order valence-corrected chi connectivity index (χ0v) is 13.7. The molecule has 0 radical (unpaired) electrons. The third kappa shape index (κ3) is 3.12. The molecule has 0 atom stereocenters. The van der Waals surface area contributed by atoms with E-state index in [4.69, 9.17) is 4.74 Å². The molecule has 8 heteroatoms. The summed E-state index contributed by atoms with van der Waals surface area (Å²) in [6.07, 6.45) is 0. The third-order valence-electron chi connectivity index (χ3n) is 3.52. The van der Waals surface area contributed by atoms with E-state index in [1.165, 1.54) is 7.11 Å². The van der Waals surface area contributed by atoms with Crippen molar-refractivity contribution in [3.8, 4) is 5.88 Å². The van der Waals surface area contributed by atoms with Crippen molar-refractivity contribution in [2.24, 2.45) is 7.05 Å². The summed E-state index contributed by atoms with van der Waals surface area (Å²) >= 11 is 0. The van der Waals surface area contributed by atoms with Crippen molar-refractivity contribution in [2.75, 3.05) is 12.4 Å². The number of carbonyl (C=O) groups is 1. The van der Waals surface area contributed by atoms with Crippen LogP contribution in [0.1, 0.15) is 21.7 Å². The Hall–Kier alpha value is -3.16. The van der Waals surface area contributed by atoms with Gasteiger partial charge in [-0.2, -0.15) is 5.10 Å². The van der Waals surface area contributed by atoms with Crippen LogP contribution in [0.2, 0.25) is 0 Å². The maximum atomic E-state index is 12.5. The molecule has 3 aromatic rings. The number of aryl methyl sites for hydroxylation is 2. The molecule has 0 fully saturated rings. The predicted octanol–water partition coefficient (Wildman–Crippen LogP) is 1.63. The molecule has 3 rings (SSSR count). The first-order valence-corrected chi connectivity index (χ1v) is 7.42. The molecular formula is C16H18N6O2. The minimum absolute atomic E-state index is 0.132. The highest BCUT2D eigenvalue weighted by molar-refractivity contribution is 6.03. The van der Waals surface area contributed by atoms with Crippen molar-refractivity contribution in [3.63, 3.8) is 0 Å². The van der Waals surface area contributed by atoms with Crippen molar-refractivity contribution < 1.29 is 9.53 Å². The van der Waals surface area contributed by atoms with Crippen molar-refractivity contribution in [2.45, 2.75) is 13.5 Å². The minimum atomic E-state index is -0.394. The topological polar surface area (TPSA) is 86.9 Å². The van der Waals surface area contributed by atoms with Gasteiger partial charge in [-0.05, 0) is 12.5 Å². The molecule has 2 aromatic heterocycles. The number of ether oxygens (including phenoxy) is 1. The van der Waals surface area contributed by atoms with Crippen molar-refractivity contribution >= 4 is 11.7 Å². The molecule has 0 unspecified atom stereocenters. The first kappa shape index (κ1) is 15.7. The molecule has 2 heterocycles. The Morgan fingerprint density at radius 3 is 2.67 bits per heavy atom. The van der Waals surface area contributed by atoms with Crippen LogP contribution in [0.15, 0.2) is 36.4 Å². The maximum Gasteiger partial charge on any atom is 0.283 e. The summed E-state index contributed by atoms with van der Waals surface area (Å²) in [6, 6.07) is 11.5. The van der Waals surface area contributed by atoms with Gasteiger partial charge in [0.25, 0.3) is 5.91 Å². The van der Waals surface area contributed by atoms with Crippen LogP contribution in [-0.2, 0) is 13.6 Å².